The number of hydrogen-bond acceptors (Lipinski definition) is 4. The minimum atomic E-state index is -1.26. The van der Waals surface area contributed by atoms with Gasteiger partial charge in [-0.05, 0) is 70.1 Å². The lowest BCUT2D eigenvalue weighted by molar-refractivity contribution is -0.152. The Hall–Kier alpha value is -2.57. The van der Waals surface area contributed by atoms with Gasteiger partial charge in [0.15, 0.2) is 5.60 Å². The summed E-state index contributed by atoms with van der Waals surface area (Å²) in [4.78, 5) is 23.9. The predicted molar refractivity (Wildman–Crippen MR) is 120 cm³/mol. The van der Waals surface area contributed by atoms with E-state index in [1.54, 1.807) is 21.4 Å². The van der Waals surface area contributed by atoms with Gasteiger partial charge in [-0.1, -0.05) is 31.4 Å². The number of nitrogens with zero attached hydrogens (tertiary/aromatic N) is 3. The molecule has 0 amide bonds. The maximum atomic E-state index is 12.7. The van der Waals surface area contributed by atoms with E-state index in [0.717, 1.165) is 37.2 Å². The number of ether oxygens (including phenoxy) is 1. The molecule has 1 fully saturated rings. The fourth-order valence-corrected chi connectivity index (χ4v) is 4.23. The molecule has 0 aliphatic heterocycles. The molecular formula is C24H35N3O4. The number of benzene rings is 1. The maximum absolute atomic E-state index is 12.7. The summed E-state index contributed by atoms with van der Waals surface area (Å²) >= 11 is 0. The number of hydrogen-bond donors (Lipinski definition) is 1. The highest BCUT2D eigenvalue weighted by atomic mass is 16.5. The molecule has 31 heavy (non-hydrogen) atoms. The van der Waals surface area contributed by atoms with E-state index in [-0.39, 0.29) is 5.69 Å². The average Bonchev–Trinajstić information content (AvgIpc) is 3.04. The third-order valence-corrected chi connectivity index (χ3v) is 6.15. The Morgan fingerprint density at radius 2 is 1.84 bits per heavy atom. The van der Waals surface area contributed by atoms with Crippen molar-refractivity contribution in [2.24, 2.45) is 5.92 Å². The molecule has 0 spiro atoms. The number of rotatable bonds is 10. The van der Waals surface area contributed by atoms with E-state index in [0.29, 0.717) is 18.2 Å². The van der Waals surface area contributed by atoms with E-state index in [4.69, 9.17) is 4.74 Å². The van der Waals surface area contributed by atoms with Crippen molar-refractivity contribution in [3.63, 3.8) is 0 Å². The molecule has 0 saturated heterocycles. The topological polar surface area (TPSA) is 86.3 Å². The smallest absolute Gasteiger partial charge is 0.347 e. The highest BCUT2D eigenvalue weighted by Crippen LogP contribution is 2.24. The van der Waals surface area contributed by atoms with E-state index in [1.165, 1.54) is 46.0 Å². The lowest BCUT2D eigenvalue weighted by atomic mass is 9.89. The second-order valence-electron chi connectivity index (χ2n) is 9.04. The van der Waals surface area contributed by atoms with Crippen LogP contribution < -0.4 is 10.4 Å². The van der Waals surface area contributed by atoms with Crippen LogP contribution >= 0.6 is 0 Å². The molecule has 1 aliphatic rings. The zero-order chi connectivity index (χ0) is 22.4. The number of carboxylic acid groups (broad SMARTS) is 1. The summed E-state index contributed by atoms with van der Waals surface area (Å²) in [6.45, 7) is 6.44. The fraction of sp³-hybridized carbons (Fsp3) is 0.625. The summed E-state index contributed by atoms with van der Waals surface area (Å²) in [5, 5.41) is 13.8. The zero-order valence-electron chi connectivity index (χ0n) is 19.0. The first-order chi connectivity index (χ1) is 14.8. The van der Waals surface area contributed by atoms with Crippen LogP contribution in [0.5, 0.6) is 5.75 Å². The second-order valence-corrected chi connectivity index (χ2v) is 9.04. The number of carboxylic acids is 1. The molecule has 1 aromatic carbocycles. The molecule has 7 heteroatoms. The van der Waals surface area contributed by atoms with Crippen molar-refractivity contribution >= 4 is 5.97 Å². The third kappa shape index (κ3) is 5.99. The van der Waals surface area contributed by atoms with Crippen LogP contribution in [0.2, 0.25) is 0 Å². The summed E-state index contributed by atoms with van der Waals surface area (Å²) in [7, 11) is 0. The Kier molecular flexibility index (Phi) is 7.57. The average molecular weight is 430 g/mol. The minimum absolute atomic E-state index is 0.0191. The Balaban J connectivity index is 1.57. The fourth-order valence-electron chi connectivity index (χ4n) is 4.23. The molecule has 1 aliphatic carbocycles. The largest absolute Gasteiger partial charge is 0.478 e. The summed E-state index contributed by atoms with van der Waals surface area (Å²) in [6, 6.07) is 7.53. The standard InChI is InChI=1S/C24H35N3O4/c1-4-26-21(25-27(23(26)30)17-19-9-6-5-7-10-19)12-8-11-18-13-15-20(16-14-18)31-24(2,3)22(28)29/h13-16,19H,4-12,17H2,1-3H3,(H,28,29). The number of carbonyl (C=O) groups is 1. The monoisotopic (exact) mass is 429 g/mol. The van der Waals surface area contributed by atoms with Gasteiger partial charge in [0.25, 0.3) is 0 Å². The van der Waals surface area contributed by atoms with E-state index in [1.807, 2.05) is 19.1 Å². The molecule has 1 heterocycles. The van der Waals surface area contributed by atoms with Gasteiger partial charge in [0, 0.05) is 19.5 Å². The quantitative estimate of drug-likeness (QED) is 0.615. The molecule has 7 nitrogen and oxygen atoms in total. The van der Waals surface area contributed by atoms with Crippen molar-refractivity contribution in [2.45, 2.75) is 90.8 Å². The van der Waals surface area contributed by atoms with Crippen molar-refractivity contribution in [1.82, 2.24) is 14.3 Å². The van der Waals surface area contributed by atoms with Gasteiger partial charge >= 0.3 is 11.7 Å². The van der Waals surface area contributed by atoms with Gasteiger partial charge in [-0.3, -0.25) is 4.57 Å². The molecule has 0 unspecified atom stereocenters. The van der Waals surface area contributed by atoms with Gasteiger partial charge in [0.1, 0.15) is 11.6 Å². The molecule has 170 valence electrons. The lowest BCUT2D eigenvalue weighted by Gasteiger charge is -2.21. The van der Waals surface area contributed by atoms with Gasteiger partial charge in [0.2, 0.25) is 0 Å². The zero-order valence-corrected chi connectivity index (χ0v) is 19.0. The molecule has 0 bridgehead atoms. The molecule has 1 N–H and O–H groups in total. The summed E-state index contributed by atoms with van der Waals surface area (Å²) < 4.78 is 9.04. The van der Waals surface area contributed by atoms with E-state index in [9.17, 15) is 14.7 Å². The summed E-state index contributed by atoms with van der Waals surface area (Å²) in [5.41, 5.74) is -0.0972. The Bertz CT molecular complexity index is 921. The highest BCUT2D eigenvalue weighted by Gasteiger charge is 2.29. The van der Waals surface area contributed by atoms with E-state index in [2.05, 4.69) is 5.10 Å². The van der Waals surface area contributed by atoms with Crippen LogP contribution in [0.15, 0.2) is 29.1 Å². The van der Waals surface area contributed by atoms with Crippen molar-refractivity contribution in [2.75, 3.05) is 0 Å². The Morgan fingerprint density at radius 1 is 1.16 bits per heavy atom. The Labute approximate surface area is 184 Å². The lowest BCUT2D eigenvalue weighted by Crippen LogP contribution is -2.37. The molecule has 3 rings (SSSR count). The first-order valence-electron chi connectivity index (χ1n) is 11.5. The molecule has 0 atom stereocenters. The SMILES string of the molecule is CCn1c(CCCc2ccc(OC(C)(C)C(=O)O)cc2)nn(CC2CCCCC2)c1=O. The van der Waals surface area contributed by atoms with Crippen LogP contribution in [-0.2, 0) is 30.7 Å². The van der Waals surface area contributed by atoms with Gasteiger partial charge in [0.05, 0.1) is 0 Å². The number of aliphatic carboxylic acids is 1. The van der Waals surface area contributed by atoms with Crippen LogP contribution in [0.4, 0.5) is 0 Å². The first-order valence-corrected chi connectivity index (χ1v) is 11.5. The highest BCUT2D eigenvalue weighted by molar-refractivity contribution is 5.76. The van der Waals surface area contributed by atoms with Crippen LogP contribution in [0, 0.1) is 5.92 Å². The number of aryl methyl sites for hydroxylation is 2. The molecule has 1 aromatic heterocycles. The van der Waals surface area contributed by atoms with Gasteiger partial charge in [-0.15, -0.1) is 0 Å². The van der Waals surface area contributed by atoms with Crippen molar-refractivity contribution in [1.29, 1.82) is 0 Å². The van der Waals surface area contributed by atoms with Gasteiger partial charge in [-0.2, -0.15) is 5.10 Å². The predicted octanol–water partition coefficient (Wildman–Crippen LogP) is 4.06. The molecule has 0 radical (unpaired) electrons. The van der Waals surface area contributed by atoms with E-state index >= 15 is 0 Å². The normalized spacial score (nSPS) is 15.2. The summed E-state index contributed by atoms with van der Waals surface area (Å²) in [6.07, 6.45) is 8.73. The van der Waals surface area contributed by atoms with Crippen molar-refractivity contribution < 1.29 is 14.6 Å². The van der Waals surface area contributed by atoms with Crippen LogP contribution in [0.3, 0.4) is 0 Å². The van der Waals surface area contributed by atoms with E-state index < -0.39 is 11.6 Å². The first kappa shape index (κ1) is 23.1. The Morgan fingerprint density at radius 3 is 2.45 bits per heavy atom. The van der Waals surface area contributed by atoms with Crippen molar-refractivity contribution in [3.8, 4) is 5.75 Å². The van der Waals surface area contributed by atoms with Gasteiger partial charge in [-0.25, -0.2) is 14.3 Å². The molecule has 2 aromatic rings. The number of aromatic nitrogens is 3. The van der Waals surface area contributed by atoms with Crippen LogP contribution in [-0.4, -0.2) is 31.0 Å². The molecule has 1 saturated carbocycles. The minimum Gasteiger partial charge on any atom is -0.478 e. The maximum Gasteiger partial charge on any atom is 0.347 e. The van der Waals surface area contributed by atoms with Crippen molar-refractivity contribution in [3.05, 3.63) is 46.1 Å². The summed E-state index contributed by atoms with van der Waals surface area (Å²) in [5.74, 6) is 0.983. The van der Waals surface area contributed by atoms with Gasteiger partial charge < -0.3 is 9.84 Å². The van der Waals surface area contributed by atoms with Crippen LogP contribution in [0.25, 0.3) is 0 Å². The van der Waals surface area contributed by atoms with Crippen LogP contribution in [0.1, 0.15) is 70.7 Å². The second kappa shape index (κ2) is 10.2. The third-order valence-electron chi connectivity index (χ3n) is 6.15. The molecular weight excluding hydrogens is 394 g/mol.